The Morgan fingerprint density at radius 1 is 1.16 bits per heavy atom. The van der Waals surface area contributed by atoms with E-state index in [-0.39, 0.29) is 0 Å². The minimum Gasteiger partial charge on any atom is -0.300 e. The molecule has 1 aromatic carbocycles. The highest BCUT2D eigenvalue weighted by Crippen LogP contribution is 2.24. The molecular weight excluding hydrogens is 232 g/mol. The minimum absolute atomic E-state index is 0.682. The number of likely N-dealkylation sites (N-methyl/N-ethyl adjacent to an activating group) is 1. The summed E-state index contributed by atoms with van der Waals surface area (Å²) in [5.41, 5.74) is 4.57. The molecule has 0 fully saturated rings. The molecule has 1 heterocycles. The summed E-state index contributed by atoms with van der Waals surface area (Å²) in [5, 5.41) is 0. The largest absolute Gasteiger partial charge is 0.300 e. The molecular formula is C17H28N2. The summed E-state index contributed by atoms with van der Waals surface area (Å²) in [7, 11) is 0. The number of nitrogens with zero attached hydrogens (tertiary/aromatic N) is 2. The Hall–Kier alpha value is -0.860. The van der Waals surface area contributed by atoms with Gasteiger partial charge in [-0.25, -0.2) is 0 Å². The van der Waals surface area contributed by atoms with Gasteiger partial charge in [0, 0.05) is 19.1 Å². The molecule has 0 radical (unpaired) electrons. The van der Waals surface area contributed by atoms with Gasteiger partial charge < -0.3 is 0 Å². The van der Waals surface area contributed by atoms with Gasteiger partial charge in [0.2, 0.25) is 0 Å². The Morgan fingerprint density at radius 3 is 2.53 bits per heavy atom. The lowest BCUT2D eigenvalue weighted by Gasteiger charge is -2.34. The van der Waals surface area contributed by atoms with E-state index in [4.69, 9.17) is 0 Å². The smallest absolute Gasteiger partial charge is 0.0239 e. The second kappa shape index (κ2) is 6.53. The molecule has 0 saturated heterocycles. The molecule has 0 amide bonds. The summed E-state index contributed by atoms with van der Waals surface area (Å²) in [6.07, 6.45) is 1.20. The fraction of sp³-hybridized carbons (Fsp3) is 0.647. The van der Waals surface area contributed by atoms with Gasteiger partial charge in [0.15, 0.2) is 0 Å². The van der Waals surface area contributed by atoms with Crippen LogP contribution in [0, 0.1) is 0 Å². The predicted molar refractivity (Wildman–Crippen MR) is 82.3 cm³/mol. The number of hydrogen-bond donors (Lipinski definition) is 0. The molecule has 0 aromatic heterocycles. The molecule has 1 aliphatic heterocycles. The summed E-state index contributed by atoms with van der Waals surface area (Å²) >= 11 is 0. The van der Waals surface area contributed by atoms with Crippen molar-refractivity contribution in [1.29, 1.82) is 0 Å². The van der Waals surface area contributed by atoms with Gasteiger partial charge in [0.1, 0.15) is 0 Å². The van der Waals surface area contributed by atoms with Gasteiger partial charge >= 0.3 is 0 Å². The fourth-order valence-corrected chi connectivity index (χ4v) is 3.07. The Kier molecular flexibility index (Phi) is 5.00. The summed E-state index contributed by atoms with van der Waals surface area (Å²) in [6, 6.07) is 7.79. The van der Waals surface area contributed by atoms with Crippen molar-refractivity contribution < 1.29 is 0 Å². The Balaban J connectivity index is 2.14. The molecule has 2 nitrogen and oxygen atoms in total. The third-order valence-corrected chi connectivity index (χ3v) is 4.49. The van der Waals surface area contributed by atoms with Crippen LogP contribution in [0.3, 0.4) is 0 Å². The lowest BCUT2D eigenvalue weighted by atomic mass is 9.93. The maximum absolute atomic E-state index is 2.56. The third-order valence-electron chi connectivity index (χ3n) is 4.49. The molecule has 0 spiro atoms. The first kappa shape index (κ1) is 14.5. The van der Waals surface area contributed by atoms with Gasteiger partial charge in [-0.3, -0.25) is 9.80 Å². The van der Waals surface area contributed by atoms with Gasteiger partial charge in [-0.05, 0) is 49.7 Å². The van der Waals surface area contributed by atoms with Crippen molar-refractivity contribution in [2.75, 3.05) is 19.6 Å². The minimum atomic E-state index is 0.682. The quantitative estimate of drug-likeness (QED) is 0.801. The molecule has 1 atom stereocenters. The molecule has 19 heavy (non-hydrogen) atoms. The highest BCUT2D eigenvalue weighted by molar-refractivity contribution is 5.34. The molecule has 0 N–H and O–H groups in total. The van der Waals surface area contributed by atoms with Crippen LogP contribution >= 0.6 is 0 Å². The fourth-order valence-electron chi connectivity index (χ4n) is 3.07. The molecule has 2 rings (SSSR count). The highest BCUT2D eigenvalue weighted by Gasteiger charge is 2.21. The topological polar surface area (TPSA) is 6.48 Å². The van der Waals surface area contributed by atoms with Gasteiger partial charge in [-0.2, -0.15) is 0 Å². The second-order valence-electron chi connectivity index (χ2n) is 5.68. The second-order valence-corrected chi connectivity index (χ2v) is 5.68. The first-order valence-electron chi connectivity index (χ1n) is 7.74. The van der Waals surface area contributed by atoms with Crippen LogP contribution in [-0.4, -0.2) is 35.5 Å². The molecule has 1 aliphatic rings. The van der Waals surface area contributed by atoms with Crippen molar-refractivity contribution >= 4 is 0 Å². The van der Waals surface area contributed by atoms with Gasteiger partial charge in [0.25, 0.3) is 0 Å². The van der Waals surface area contributed by atoms with E-state index in [2.05, 4.69) is 55.7 Å². The van der Waals surface area contributed by atoms with Gasteiger partial charge in [-0.1, -0.05) is 39.0 Å². The number of benzene rings is 1. The predicted octanol–water partition coefficient (Wildman–Crippen LogP) is 3.29. The van der Waals surface area contributed by atoms with Crippen LogP contribution in [0.15, 0.2) is 18.2 Å². The van der Waals surface area contributed by atoms with Crippen LogP contribution in [0.25, 0.3) is 0 Å². The first-order chi connectivity index (χ1) is 9.17. The van der Waals surface area contributed by atoms with E-state index in [0.29, 0.717) is 6.04 Å². The maximum Gasteiger partial charge on any atom is 0.0239 e. The van der Waals surface area contributed by atoms with Crippen LogP contribution in [0.1, 0.15) is 44.4 Å². The van der Waals surface area contributed by atoms with Gasteiger partial charge in [0.05, 0.1) is 0 Å². The molecule has 2 heteroatoms. The zero-order chi connectivity index (χ0) is 13.8. The summed E-state index contributed by atoms with van der Waals surface area (Å²) in [6.45, 7) is 14.7. The normalized spacial score (nSPS) is 19.7. The lowest BCUT2D eigenvalue weighted by Crippen LogP contribution is -2.38. The standard InChI is InChI=1S/C17H28N2/c1-5-18(6-2)12-15-8-9-16-13-19(7-3)14(4)10-17(16)11-15/h8-9,11,14H,5-7,10,12-13H2,1-4H3. The average Bonchev–Trinajstić information content (AvgIpc) is 2.43. The van der Waals surface area contributed by atoms with Crippen LogP contribution in [0.2, 0.25) is 0 Å². The Bertz CT molecular complexity index is 410. The molecule has 0 saturated carbocycles. The average molecular weight is 260 g/mol. The van der Waals surface area contributed by atoms with Crippen molar-refractivity contribution in [2.45, 2.75) is 53.2 Å². The van der Waals surface area contributed by atoms with E-state index < -0.39 is 0 Å². The summed E-state index contributed by atoms with van der Waals surface area (Å²) < 4.78 is 0. The van der Waals surface area contributed by atoms with Crippen LogP contribution in [0.4, 0.5) is 0 Å². The zero-order valence-corrected chi connectivity index (χ0v) is 12.9. The van der Waals surface area contributed by atoms with Crippen LogP contribution in [0.5, 0.6) is 0 Å². The van der Waals surface area contributed by atoms with Crippen molar-refractivity contribution in [2.24, 2.45) is 0 Å². The molecule has 106 valence electrons. The molecule has 0 aliphatic carbocycles. The van der Waals surface area contributed by atoms with Crippen LogP contribution < -0.4 is 0 Å². The number of hydrogen-bond acceptors (Lipinski definition) is 2. The van der Waals surface area contributed by atoms with E-state index in [1.54, 1.807) is 5.56 Å². The Labute approximate surface area is 118 Å². The molecule has 1 aromatic rings. The summed E-state index contributed by atoms with van der Waals surface area (Å²) in [5.74, 6) is 0. The molecule has 1 unspecified atom stereocenters. The van der Waals surface area contributed by atoms with E-state index in [1.165, 1.54) is 17.5 Å². The SMILES string of the molecule is CCN(CC)Cc1ccc2c(c1)CC(C)N(CC)C2. The zero-order valence-electron chi connectivity index (χ0n) is 12.9. The number of rotatable bonds is 5. The first-order valence-corrected chi connectivity index (χ1v) is 7.74. The van der Waals surface area contributed by atoms with Crippen molar-refractivity contribution in [3.8, 4) is 0 Å². The maximum atomic E-state index is 2.56. The van der Waals surface area contributed by atoms with Crippen molar-refractivity contribution in [3.63, 3.8) is 0 Å². The number of fused-ring (bicyclic) bond motifs is 1. The van der Waals surface area contributed by atoms with E-state index in [1.807, 2.05) is 0 Å². The molecule has 0 bridgehead atoms. The van der Waals surface area contributed by atoms with E-state index in [9.17, 15) is 0 Å². The van der Waals surface area contributed by atoms with E-state index in [0.717, 1.165) is 32.7 Å². The highest BCUT2D eigenvalue weighted by atomic mass is 15.1. The van der Waals surface area contributed by atoms with Crippen LogP contribution in [-0.2, 0) is 19.5 Å². The lowest BCUT2D eigenvalue weighted by molar-refractivity contribution is 0.194. The monoisotopic (exact) mass is 260 g/mol. The third kappa shape index (κ3) is 3.37. The van der Waals surface area contributed by atoms with Crippen molar-refractivity contribution in [3.05, 3.63) is 34.9 Å². The summed E-state index contributed by atoms with van der Waals surface area (Å²) in [4.78, 5) is 5.04. The van der Waals surface area contributed by atoms with Gasteiger partial charge in [-0.15, -0.1) is 0 Å². The Morgan fingerprint density at radius 2 is 1.89 bits per heavy atom. The van der Waals surface area contributed by atoms with E-state index >= 15 is 0 Å². The van der Waals surface area contributed by atoms with Crippen molar-refractivity contribution in [1.82, 2.24) is 9.80 Å².